The smallest absolute Gasteiger partial charge is 0.119 e. The minimum absolute atomic E-state index is 0.580. The molecule has 2 rings (SSSR count). The first kappa shape index (κ1) is 14.4. The maximum Gasteiger partial charge on any atom is 0.119 e. The van der Waals surface area contributed by atoms with Gasteiger partial charge in [0.2, 0.25) is 0 Å². The Bertz CT molecular complexity index is 375. The highest BCUT2D eigenvalue weighted by molar-refractivity contribution is 5.28. The summed E-state index contributed by atoms with van der Waals surface area (Å²) in [6.45, 7) is 7.43. The van der Waals surface area contributed by atoms with Crippen molar-refractivity contribution >= 4 is 0 Å². The number of benzene rings is 1. The topological polar surface area (TPSA) is 38.5 Å². The number of nitrogens with two attached hydrogens (primary N) is 1. The number of ether oxygens (including phenoxy) is 1. The van der Waals surface area contributed by atoms with Crippen LogP contribution < -0.4 is 10.5 Å². The Hall–Kier alpha value is -1.06. The van der Waals surface area contributed by atoms with Crippen LogP contribution in [0.3, 0.4) is 0 Å². The van der Waals surface area contributed by atoms with E-state index in [1.54, 1.807) is 0 Å². The Morgan fingerprint density at radius 2 is 2.11 bits per heavy atom. The van der Waals surface area contributed by atoms with Gasteiger partial charge in [0.15, 0.2) is 0 Å². The van der Waals surface area contributed by atoms with Crippen molar-refractivity contribution in [3.63, 3.8) is 0 Å². The standard InChI is InChI=1S/C16H26N2O/c1-14(12-18-9-2-3-10-18)13-19-16-6-4-5-15(11-16)7-8-17/h4-6,11,14H,2-3,7-10,12-13,17H2,1H3. The van der Waals surface area contributed by atoms with Crippen LogP contribution in [0, 0.1) is 5.92 Å². The predicted octanol–water partition coefficient (Wildman–Crippen LogP) is 2.30. The Balaban J connectivity index is 1.75. The van der Waals surface area contributed by atoms with Crippen LogP contribution in [-0.2, 0) is 6.42 Å². The second kappa shape index (κ2) is 7.51. The molecule has 0 saturated carbocycles. The molecular formula is C16H26N2O. The van der Waals surface area contributed by atoms with Crippen molar-refractivity contribution in [3.8, 4) is 5.75 Å². The largest absolute Gasteiger partial charge is 0.493 e. The molecule has 1 aliphatic heterocycles. The molecule has 19 heavy (non-hydrogen) atoms. The summed E-state index contributed by atoms with van der Waals surface area (Å²) >= 11 is 0. The second-order valence-corrected chi connectivity index (χ2v) is 5.61. The van der Waals surface area contributed by atoms with Crippen LogP contribution in [0.1, 0.15) is 25.3 Å². The van der Waals surface area contributed by atoms with Crippen molar-refractivity contribution in [1.29, 1.82) is 0 Å². The fourth-order valence-electron chi connectivity index (χ4n) is 2.65. The Morgan fingerprint density at radius 1 is 1.32 bits per heavy atom. The maximum absolute atomic E-state index is 5.90. The molecule has 0 aromatic heterocycles. The zero-order chi connectivity index (χ0) is 13.5. The summed E-state index contributed by atoms with van der Waals surface area (Å²) < 4.78 is 5.90. The average molecular weight is 262 g/mol. The van der Waals surface area contributed by atoms with Gasteiger partial charge in [0.05, 0.1) is 6.61 Å². The highest BCUT2D eigenvalue weighted by atomic mass is 16.5. The first-order chi connectivity index (χ1) is 9.28. The van der Waals surface area contributed by atoms with E-state index in [4.69, 9.17) is 10.5 Å². The summed E-state index contributed by atoms with van der Waals surface area (Å²) in [5, 5.41) is 0. The van der Waals surface area contributed by atoms with E-state index in [9.17, 15) is 0 Å². The van der Waals surface area contributed by atoms with E-state index in [1.165, 1.54) is 31.5 Å². The predicted molar refractivity (Wildman–Crippen MR) is 79.5 cm³/mol. The molecule has 1 aromatic rings. The quantitative estimate of drug-likeness (QED) is 0.819. The molecule has 1 unspecified atom stereocenters. The average Bonchev–Trinajstić information content (AvgIpc) is 2.90. The van der Waals surface area contributed by atoms with E-state index in [-0.39, 0.29) is 0 Å². The van der Waals surface area contributed by atoms with Crippen molar-refractivity contribution in [2.24, 2.45) is 11.7 Å². The number of likely N-dealkylation sites (tertiary alicyclic amines) is 1. The SMILES string of the molecule is CC(COc1cccc(CCN)c1)CN1CCCC1. The van der Waals surface area contributed by atoms with Crippen molar-refractivity contribution in [3.05, 3.63) is 29.8 Å². The Morgan fingerprint density at radius 3 is 2.84 bits per heavy atom. The van der Waals surface area contributed by atoms with E-state index >= 15 is 0 Å². The van der Waals surface area contributed by atoms with Gasteiger partial charge in [-0.25, -0.2) is 0 Å². The Kier molecular flexibility index (Phi) is 5.67. The molecule has 1 fully saturated rings. The number of nitrogens with zero attached hydrogens (tertiary/aromatic N) is 1. The molecule has 3 heteroatoms. The molecular weight excluding hydrogens is 236 g/mol. The van der Waals surface area contributed by atoms with Gasteiger partial charge in [-0.2, -0.15) is 0 Å². The molecule has 1 aliphatic rings. The van der Waals surface area contributed by atoms with Crippen molar-refractivity contribution < 1.29 is 4.74 Å². The third kappa shape index (κ3) is 4.84. The van der Waals surface area contributed by atoms with Gasteiger partial charge >= 0.3 is 0 Å². The first-order valence-electron chi connectivity index (χ1n) is 7.42. The molecule has 0 bridgehead atoms. The zero-order valence-electron chi connectivity index (χ0n) is 12.0. The van der Waals surface area contributed by atoms with Crippen LogP contribution in [0.25, 0.3) is 0 Å². The fourth-order valence-corrected chi connectivity index (χ4v) is 2.65. The summed E-state index contributed by atoms with van der Waals surface area (Å²) in [4.78, 5) is 2.54. The Labute approximate surface area is 116 Å². The molecule has 0 amide bonds. The van der Waals surface area contributed by atoms with Crippen molar-refractivity contribution in [2.75, 3.05) is 32.8 Å². The molecule has 3 nitrogen and oxygen atoms in total. The molecule has 0 spiro atoms. The first-order valence-corrected chi connectivity index (χ1v) is 7.42. The van der Waals surface area contributed by atoms with Gasteiger partial charge < -0.3 is 15.4 Å². The third-order valence-corrected chi connectivity index (χ3v) is 3.63. The molecule has 1 saturated heterocycles. The van der Waals surface area contributed by atoms with Gasteiger partial charge in [-0.05, 0) is 56.6 Å². The fraction of sp³-hybridized carbons (Fsp3) is 0.625. The lowest BCUT2D eigenvalue weighted by molar-refractivity contribution is 0.206. The van der Waals surface area contributed by atoms with Gasteiger partial charge in [0, 0.05) is 12.5 Å². The molecule has 106 valence electrons. The molecule has 1 heterocycles. The second-order valence-electron chi connectivity index (χ2n) is 5.61. The third-order valence-electron chi connectivity index (χ3n) is 3.63. The monoisotopic (exact) mass is 262 g/mol. The number of hydrogen-bond acceptors (Lipinski definition) is 3. The van der Waals surface area contributed by atoms with Gasteiger partial charge in [0.25, 0.3) is 0 Å². The minimum atomic E-state index is 0.580. The highest BCUT2D eigenvalue weighted by Crippen LogP contribution is 2.16. The van der Waals surface area contributed by atoms with Crippen LogP contribution in [-0.4, -0.2) is 37.7 Å². The van der Waals surface area contributed by atoms with Gasteiger partial charge in [-0.3, -0.25) is 0 Å². The summed E-state index contributed by atoms with van der Waals surface area (Å²) in [5.74, 6) is 1.55. The normalized spacial score (nSPS) is 17.6. The lowest BCUT2D eigenvalue weighted by Gasteiger charge is -2.20. The van der Waals surface area contributed by atoms with Crippen LogP contribution in [0.15, 0.2) is 24.3 Å². The van der Waals surface area contributed by atoms with E-state index < -0.39 is 0 Å². The van der Waals surface area contributed by atoms with E-state index in [0.717, 1.165) is 25.3 Å². The molecule has 1 atom stereocenters. The van der Waals surface area contributed by atoms with Crippen molar-refractivity contribution in [2.45, 2.75) is 26.2 Å². The van der Waals surface area contributed by atoms with Crippen LogP contribution in [0.2, 0.25) is 0 Å². The summed E-state index contributed by atoms with van der Waals surface area (Å²) in [5.41, 5.74) is 6.83. The van der Waals surface area contributed by atoms with E-state index in [0.29, 0.717) is 12.5 Å². The summed E-state index contributed by atoms with van der Waals surface area (Å²) in [6.07, 6.45) is 3.63. The van der Waals surface area contributed by atoms with Gasteiger partial charge in [0.1, 0.15) is 5.75 Å². The van der Waals surface area contributed by atoms with E-state index in [1.807, 2.05) is 12.1 Å². The summed E-state index contributed by atoms with van der Waals surface area (Å²) in [6, 6.07) is 8.29. The molecule has 0 radical (unpaired) electrons. The van der Waals surface area contributed by atoms with Crippen LogP contribution in [0.4, 0.5) is 0 Å². The van der Waals surface area contributed by atoms with Crippen molar-refractivity contribution in [1.82, 2.24) is 4.90 Å². The number of hydrogen-bond donors (Lipinski definition) is 1. The maximum atomic E-state index is 5.90. The summed E-state index contributed by atoms with van der Waals surface area (Å²) in [7, 11) is 0. The molecule has 2 N–H and O–H groups in total. The van der Waals surface area contributed by atoms with Crippen LogP contribution >= 0.6 is 0 Å². The minimum Gasteiger partial charge on any atom is -0.493 e. The van der Waals surface area contributed by atoms with E-state index in [2.05, 4.69) is 24.0 Å². The lowest BCUT2D eigenvalue weighted by atomic mass is 10.1. The van der Waals surface area contributed by atoms with Gasteiger partial charge in [-0.15, -0.1) is 0 Å². The van der Waals surface area contributed by atoms with Crippen LogP contribution in [0.5, 0.6) is 5.75 Å². The number of rotatable bonds is 7. The van der Waals surface area contributed by atoms with Gasteiger partial charge in [-0.1, -0.05) is 19.1 Å². The molecule has 1 aromatic carbocycles. The lowest BCUT2D eigenvalue weighted by Crippen LogP contribution is -2.28. The highest BCUT2D eigenvalue weighted by Gasteiger charge is 2.14. The molecule has 0 aliphatic carbocycles. The zero-order valence-corrected chi connectivity index (χ0v) is 12.0.